The first-order valence-electron chi connectivity index (χ1n) is 3.78. The summed E-state index contributed by atoms with van der Waals surface area (Å²) in [7, 11) is 0. The van der Waals surface area contributed by atoms with Crippen molar-refractivity contribution in [1.82, 2.24) is 4.98 Å². The molecule has 62 valence electrons. The van der Waals surface area contributed by atoms with Gasteiger partial charge < -0.3 is 9.52 Å². The summed E-state index contributed by atoms with van der Waals surface area (Å²) in [5, 5.41) is 10.2. The number of furan rings is 1. The van der Waals surface area contributed by atoms with Gasteiger partial charge in [-0.1, -0.05) is 0 Å². The molecule has 2 aromatic heterocycles. The quantitative estimate of drug-likeness (QED) is 0.698. The second kappa shape index (κ2) is 2.60. The van der Waals surface area contributed by atoms with Crippen LogP contribution in [0.5, 0.6) is 0 Å². The number of aromatic nitrogens is 1. The monoisotopic (exact) mass is 163 g/mol. The normalized spacial score (nSPS) is 13.5. The molecule has 0 aromatic carbocycles. The van der Waals surface area contributed by atoms with Crippen molar-refractivity contribution in [2.45, 2.75) is 13.0 Å². The summed E-state index contributed by atoms with van der Waals surface area (Å²) in [6.45, 7) is 1.69. The molecular formula is C9H9NO2. The molecule has 0 saturated heterocycles. The molecule has 0 aliphatic heterocycles. The predicted molar refractivity (Wildman–Crippen MR) is 44.6 cm³/mol. The van der Waals surface area contributed by atoms with E-state index in [1.54, 1.807) is 19.4 Å². The van der Waals surface area contributed by atoms with Crippen molar-refractivity contribution in [2.75, 3.05) is 0 Å². The van der Waals surface area contributed by atoms with Crippen molar-refractivity contribution >= 4 is 11.0 Å². The van der Waals surface area contributed by atoms with E-state index < -0.39 is 6.10 Å². The van der Waals surface area contributed by atoms with Crippen molar-refractivity contribution < 1.29 is 9.52 Å². The third-order valence-electron chi connectivity index (χ3n) is 1.79. The molecule has 0 bridgehead atoms. The Kier molecular flexibility index (Phi) is 1.59. The van der Waals surface area contributed by atoms with Gasteiger partial charge in [-0.15, -0.1) is 0 Å². The standard InChI is InChI=1S/C9H9NO2/c1-6(11)8-4-7-2-3-12-9(7)5-10-8/h2-6,11H,1H3/t6-/m1/s1. The van der Waals surface area contributed by atoms with Crippen molar-refractivity contribution in [3.8, 4) is 0 Å². The number of aliphatic hydroxyl groups is 1. The van der Waals surface area contributed by atoms with Crippen molar-refractivity contribution in [3.05, 3.63) is 30.3 Å². The van der Waals surface area contributed by atoms with Crippen LogP contribution in [0.2, 0.25) is 0 Å². The molecule has 0 spiro atoms. The number of rotatable bonds is 1. The summed E-state index contributed by atoms with van der Waals surface area (Å²) in [5.41, 5.74) is 1.42. The Balaban J connectivity index is 2.60. The predicted octanol–water partition coefficient (Wildman–Crippen LogP) is 1.88. The molecule has 2 rings (SSSR count). The zero-order valence-corrected chi connectivity index (χ0v) is 6.69. The van der Waals surface area contributed by atoms with Gasteiger partial charge in [-0.2, -0.15) is 0 Å². The molecule has 1 atom stereocenters. The molecule has 3 heteroatoms. The Morgan fingerprint density at radius 1 is 1.58 bits per heavy atom. The molecule has 0 unspecified atom stereocenters. The maximum atomic E-state index is 9.23. The minimum absolute atomic E-state index is 0.524. The number of fused-ring (bicyclic) bond motifs is 1. The van der Waals surface area contributed by atoms with Crippen molar-refractivity contribution in [2.24, 2.45) is 0 Å². The second-order valence-electron chi connectivity index (χ2n) is 2.74. The summed E-state index contributed by atoms with van der Waals surface area (Å²) < 4.78 is 5.11. The van der Waals surface area contributed by atoms with Crippen LogP contribution in [0.3, 0.4) is 0 Å². The van der Waals surface area contributed by atoms with E-state index in [0.29, 0.717) is 5.69 Å². The fourth-order valence-electron chi connectivity index (χ4n) is 1.11. The van der Waals surface area contributed by atoms with Crippen molar-refractivity contribution in [1.29, 1.82) is 0 Å². The van der Waals surface area contributed by atoms with Gasteiger partial charge in [0.05, 0.1) is 24.3 Å². The van der Waals surface area contributed by atoms with E-state index in [1.807, 2.05) is 12.1 Å². The largest absolute Gasteiger partial charge is 0.463 e. The third kappa shape index (κ3) is 1.08. The second-order valence-corrected chi connectivity index (χ2v) is 2.74. The maximum absolute atomic E-state index is 9.23. The number of hydrogen-bond donors (Lipinski definition) is 1. The van der Waals surface area contributed by atoms with Crippen LogP contribution in [0.15, 0.2) is 29.0 Å². The van der Waals surface area contributed by atoms with Crippen LogP contribution in [-0.2, 0) is 0 Å². The third-order valence-corrected chi connectivity index (χ3v) is 1.79. The lowest BCUT2D eigenvalue weighted by Crippen LogP contribution is -1.93. The zero-order chi connectivity index (χ0) is 8.55. The molecule has 12 heavy (non-hydrogen) atoms. The zero-order valence-electron chi connectivity index (χ0n) is 6.69. The lowest BCUT2D eigenvalue weighted by Gasteiger charge is -2.01. The molecule has 0 aliphatic carbocycles. The Hall–Kier alpha value is -1.35. The maximum Gasteiger partial charge on any atom is 0.152 e. The van der Waals surface area contributed by atoms with E-state index in [1.165, 1.54) is 0 Å². The van der Waals surface area contributed by atoms with Crippen LogP contribution in [0.25, 0.3) is 11.0 Å². The fraction of sp³-hybridized carbons (Fsp3) is 0.222. The van der Waals surface area contributed by atoms with Crippen LogP contribution in [0.1, 0.15) is 18.7 Å². The van der Waals surface area contributed by atoms with Gasteiger partial charge in [0.25, 0.3) is 0 Å². The van der Waals surface area contributed by atoms with Crippen LogP contribution >= 0.6 is 0 Å². The molecular weight excluding hydrogens is 154 g/mol. The summed E-state index contributed by atoms with van der Waals surface area (Å²) in [4.78, 5) is 4.03. The van der Waals surface area contributed by atoms with Crippen molar-refractivity contribution in [3.63, 3.8) is 0 Å². The first-order chi connectivity index (χ1) is 5.77. The molecule has 2 aromatic rings. The average molecular weight is 163 g/mol. The number of pyridine rings is 1. The Bertz CT molecular complexity index is 392. The highest BCUT2D eigenvalue weighted by molar-refractivity contribution is 5.76. The highest BCUT2D eigenvalue weighted by Crippen LogP contribution is 2.18. The minimum Gasteiger partial charge on any atom is -0.463 e. The van der Waals surface area contributed by atoms with Gasteiger partial charge in [0, 0.05) is 5.39 Å². The SMILES string of the molecule is C[C@@H](O)c1cc2ccoc2cn1. The Morgan fingerprint density at radius 2 is 2.42 bits per heavy atom. The first kappa shape index (κ1) is 7.31. The number of hydrogen-bond acceptors (Lipinski definition) is 3. The highest BCUT2D eigenvalue weighted by atomic mass is 16.3. The average Bonchev–Trinajstić information content (AvgIpc) is 2.49. The lowest BCUT2D eigenvalue weighted by atomic mass is 10.2. The molecule has 1 N–H and O–H groups in total. The van der Waals surface area contributed by atoms with E-state index in [-0.39, 0.29) is 0 Å². The molecule has 0 amide bonds. The number of nitrogens with zero attached hydrogens (tertiary/aromatic N) is 1. The molecule has 0 radical (unpaired) electrons. The summed E-state index contributed by atoms with van der Waals surface area (Å²) in [6, 6.07) is 3.67. The highest BCUT2D eigenvalue weighted by Gasteiger charge is 2.04. The summed E-state index contributed by atoms with van der Waals surface area (Å²) in [5.74, 6) is 0. The van der Waals surface area contributed by atoms with E-state index in [9.17, 15) is 5.11 Å². The molecule has 2 heterocycles. The van der Waals surface area contributed by atoms with E-state index in [0.717, 1.165) is 11.0 Å². The van der Waals surface area contributed by atoms with Gasteiger partial charge in [0.2, 0.25) is 0 Å². The molecule has 0 aliphatic rings. The molecule has 0 fully saturated rings. The first-order valence-corrected chi connectivity index (χ1v) is 3.78. The van der Waals surface area contributed by atoms with Gasteiger partial charge in [-0.05, 0) is 19.1 Å². The minimum atomic E-state index is -0.524. The Labute approximate surface area is 69.7 Å². The van der Waals surface area contributed by atoms with Crippen LogP contribution in [0, 0.1) is 0 Å². The molecule has 3 nitrogen and oxygen atoms in total. The van der Waals surface area contributed by atoms with Gasteiger partial charge >= 0.3 is 0 Å². The van der Waals surface area contributed by atoms with Gasteiger partial charge in [0.1, 0.15) is 0 Å². The summed E-state index contributed by atoms with van der Waals surface area (Å²) >= 11 is 0. The van der Waals surface area contributed by atoms with Gasteiger partial charge in [-0.25, -0.2) is 0 Å². The van der Waals surface area contributed by atoms with Crippen LogP contribution in [0.4, 0.5) is 0 Å². The fourth-order valence-corrected chi connectivity index (χ4v) is 1.11. The topological polar surface area (TPSA) is 46.3 Å². The van der Waals surface area contributed by atoms with E-state index in [4.69, 9.17) is 4.42 Å². The smallest absolute Gasteiger partial charge is 0.152 e. The van der Waals surface area contributed by atoms with E-state index >= 15 is 0 Å². The van der Waals surface area contributed by atoms with Crippen LogP contribution in [-0.4, -0.2) is 10.1 Å². The van der Waals surface area contributed by atoms with Gasteiger partial charge in [-0.3, -0.25) is 4.98 Å². The number of aliphatic hydroxyl groups excluding tert-OH is 1. The van der Waals surface area contributed by atoms with Gasteiger partial charge in [0.15, 0.2) is 5.58 Å². The van der Waals surface area contributed by atoms with E-state index in [2.05, 4.69) is 4.98 Å². The lowest BCUT2D eigenvalue weighted by molar-refractivity contribution is 0.194. The Morgan fingerprint density at radius 3 is 3.17 bits per heavy atom. The van der Waals surface area contributed by atoms with Crippen LogP contribution < -0.4 is 0 Å². The summed E-state index contributed by atoms with van der Waals surface area (Å²) in [6.07, 6.45) is 2.71. The molecule has 0 saturated carbocycles.